The molecular weight excluding hydrogens is 264 g/mol. The molecule has 0 aliphatic rings. The van der Waals surface area contributed by atoms with E-state index in [9.17, 15) is 26.3 Å². The van der Waals surface area contributed by atoms with Gasteiger partial charge in [-0.1, -0.05) is 0 Å². The second-order valence-corrected chi connectivity index (χ2v) is 3.53. The molecule has 18 heavy (non-hydrogen) atoms. The van der Waals surface area contributed by atoms with E-state index < -0.39 is 23.5 Å². The second-order valence-electron chi connectivity index (χ2n) is 3.53. The highest BCUT2D eigenvalue weighted by Gasteiger charge is 2.71. The molecule has 0 saturated carbocycles. The molecule has 0 bridgehead atoms. The van der Waals surface area contributed by atoms with Gasteiger partial charge in [0.05, 0.1) is 0 Å². The number of hydrogen-bond donors (Lipinski definition) is 2. The summed E-state index contributed by atoms with van der Waals surface area (Å²) in [4.78, 5) is 0. The van der Waals surface area contributed by atoms with Gasteiger partial charge in [-0.05, 0) is 24.3 Å². The maximum Gasteiger partial charge on any atom is 0.430 e. The Morgan fingerprint density at radius 1 is 0.889 bits per heavy atom. The fourth-order valence-corrected chi connectivity index (χ4v) is 1.35. The maximum atomic E-state index is 12.5. The molecule has 0 atom stereocenters. The summed E-state index contributed by atoms with van der Waals surface area (Å²) in [5.74, 6) is 0. The summed E-state index contributed by atoms with van der Waals surface area (Å²) in [6, 6.07) is 3.14. The number of alkyl halides is 6. The van der Waals surface area contributed by atoms with E-state index >= 15 is 0 Å². The van der Waals surface area contributed by atoms with Crippen LogP contribution in [-0.2, 0) is 5.60 Å². The van der Waals surface area contributed by atoms with Crippen molar-refractivity contribution >= 4 is 5.69 Å². The van der Waals surface area contributed by atoms with Gasteiger partial charge < -0.3 is 10.4 Å². The fourth-order valence-electron chi connectivity index (χ4n) is 1.35. The lowest BCUT2D eigenvalue weighted by atomic mass is 9.92. The van der Waals surface area contributed by atoms with Gasteiger partial charge in [-0.3, -0.25) is 0 Å². The van der Waals surface area contributed by atoms with E-state index in [0.29, 0.717) is 17.8 Å². The van der Waals surface area contributed by atoms with Crippen LogP contribution in [0.2, 0.25) is 0 Å². The largest absolute Gasteiger partial charge is 0.446 e. The Morgan fingerprint density at radius 2 is 1.28 bits per heavy atom. The summed E-state index contributed by atoms with van der Waals surface area (Å²) in [5, 5.41) is 10.3. The first-order chi connectivity index (χ1) is 8.04. The predicted octanol–water partition coefficient (Wildman–Crippen LogP) is 1.99. The Kier molecular flexibility index (Phi) is 3.64. The van der Waals surface area contributed by atoms with Crippen LogP contribution in [0.3, 0.4) is 0 Å². The molecule has 3 N–H and O–H groups in total. The van der Waals surface area contributed by atoms with Gasteiger partial charge >= 0.3 is 12.4 Å². The van der Waals surface area contributed by atoms with Crippen molar-refractivity contribution in [1.82, 2.24) is 0 Å². The zero-order chi connectivity index (χ0) is 14.2. The lowest BCUT2D eigenvalue weighted by molar-refractivity contribution is -0.504. The summed E-state index contributed by atoms with van der Waals surface area (Å²) in [5.41, 5.74) is -5.82. The van der Waals surface area contributed by atoms with Crippen LogP contribution in [0, 0.1) is 7.05 Å². The lowest BCUT2D eigenvalue weighted by Gasteiger charge is -2.32. The summed E-state index contributed by atoms with van der Waals surface area (Å²) in [6.45, 7) is 0. The molecule has 0 spiro atoms. The van der Waals surface area contributed by atoms with Crippen LogP contribution >= 0.6 is 0 Å². The van der Waals surface area contributed by atoms with Gasteiger partial charge in [0.1, 0.15) is 5.69 Å². The van der Waals surface area contributed by atoms with Gasteiger partial charge in [0.2, 0.25) is 0 Å². The van der Waals surface area contributed by atoms with Crippen LogP contribution in [0.15, 0.2) is 24.3 Å². The Morgan fingerprint density at radius 3 is 1.56 bits per heavy atom. The number of aliphatic hydroxyl groups is 1. The first kappa shape index (κ1) is 14.8. The average Bonchev–Trinajstić information content (AvgIpc) is 2.25. The summed E-state index contributed by atoms with van der Waals surface area (Å²) in [7, 11) is 3.31. The van der Waals surface area contributed by atoms with Crippen molar-refractivity contribution in [1.29, 1.82) is 0 Å². The maximum absolute atomic E-state index is 12.5. The molecule has 0 fully saturated rings. The Labute approximate surface area is 98.2 Å². The molecule has 2 nitrogen and oxygen atoms in total. The highest BCUT2D eigenvalue weighted by atomic mass is 19.4. The molecule has 0 aliphatic carbocycles. The zero-order valence-corrected chi connectivity index (χ0v) is 8.81. The van der Waals surface area contributed by atoms with Crippen molar-refractivity contribution in [2.75, 3.05) is 0 Å². The molecule has 1 rings (SSSR count). The number of benzene rings is 1. The van der Waals surface area contributed by atoms with Crippen LogP contribution in [0.25, 0.3) is 0 Å². The third-order valence-corrected chi connectivity index (χ3v) is 2.38. The summed E-state index contributed by atoms with van der Waals surface area (Å²) < 4.78 is 74.9. The fraction of sp³-hybridized carbons (Fsp3) is 0.300. The van der Waals surface area contributed by atoms with E-state index in [0.717, 1.165) is 12.1 Å². The number of rotatable bonds is 2. The number of hydrogen-bond acceptors (Lipinski definition) is 1. The highest BCUT2D eigenvalue weighted by molar-refractivity contribution is 5.36. The van der Waals surface area contributed by atoms with Gasteiger partial charge in [-0.25, -0.2) is 0 Å². The third kappa shape index (κ3) is 2.30. The molecule has 0 amide bonds. The van der Waals surface area contributed by atoms with Crippen LogP contribution in [0.4, 0.5) is 32.0 Å². The van der Waals surface area contributed by atoms with Gasteiger partial charge in [-0.2, -0.15) is 26.3 Å². The SMILES string of the molecule is [CH2-][NH2+]c1ccc(C(O)(C(F)(F)F)C(F)(F)F)cc1. The van der Waals surface area contributed by atoms with Crippen molar-refractivity contribution in [3.05, 3.63) is 36.9 Å². The first-order valence-electron chi connectivity index (χ1n) is 4.63. The van der Waals surface area contributed by atoms with Gasteiger partial charge in [0.15, 0.2) is 0 Å². The number of nitrogens with two attached hydrogens (primary N) is 1. The minimum atomic E-state index is -5.86. The lowest BCUT2D eigenvalue weighted by Crippen LogP contribution is -2.69. The normalized spacial score (nSPS) is 13.8. The van der Waals surface area contributed by atoms with E-state index in [1.165, 1.54) is 5.32 Å². The van der Waals surface area contributed by atoms with Crippen LogP contribution in [-0.4, -0.2) is 17.5 Å². The topological polar surface area (TPSA) is 36.8 Å². The molecule has 0 unspecified atom stereocenters. The van der Waals surface area contributed by atoms with Crippen LogP contribution in [0.5, 0.6) is 0 Å². The molecule has 8 heteroatoms. The van der Waals surface area contributed by atoms with E-state index in [-0.39, 0.29) is 0 Å². The van der Waals surface area contributed by atoms with E-state index in [1.54, 1.807) is 0 Å². The Hall–Kier alpha value is -1.28. The van der Waals surface area contributed by atoms with E-state index in [2.05, 4.69) is 7.05 Å². The smallest absolute Gasteiger partial charge is 0.430 e. The molecular formula is C10H9F6NO. The van der Waals surface area contributed by atoms with Crippen molar-refractivity contribution in [3.8, 4) is 0 Å². The van der Waals surface area contributed by atoms with Gasteiger partial charge in [-0.15, -0.1) is 7.05 Å². The van der Waals surface area contributed by atoms with Gasteiger partial charge in [0.25, 0.3) is 5.60 Å². The molecule has 1 aromatic rings. The standard InChI is InChI=1S/C10H9F6NO/c1-17-7-4-2-6(3-5-7)8(18,9(11,12)13)10(14,15)16/h2-5,18H,1,17H2. The second kappa shape index (κ2) is 4.43. The molecule has 0 aliphatic heterocycles. The molecule has 0 radical (unpaired) electrons. The molecule has 0 heterocycles. The van der Waals surface area contributed by atoms with Gasteiger partial charge in [0, 0.05) is 5.56 Å². The van der Waals surface area contributed by atoms with Crippen molar-refractivity contribution in [2.24, 2.45) is 0 Å². The monoisotopic (exact) mass is 273 g/mol. The Bertz CT molecular complexity index is 394. The first-order valence-corrected chi connectivity index (χ1v) is 4.63. The molecule has 102 valence electrons. The Balaban J connectivity index is 3.36. The summed E-state index contributed by atoms with van der Waals surface area (Å²) >= 11 is 0. The quantitative estimate of drug-likeness (QED) is 0.482. The summed E-state index contributed by atoms with van der Waals surface area (Å²) in [6.07, 6.45) is -11.7. The predicted molar refractivity (Wildman–Crippen MR) is 49.4 cm³/mol. The third-order valence-electron chi connectivity index (χ3n) is 2.38. The van der Waals surface area contributed by atoms with Crippen molar-refractivity contribution in [3.63, 3.8) is 0 Å². The molecule has 0 aromatic heterocycles. The number of quaternary nitrogens is 1. The number of halogens is 6. The van der Waals surface area contributed by atoms with Crippen LogP contribution in [0.1, 0.15) is 5.56 Å². The van der Waals surface area contributed by atoms with Crippen molar-refractivity contribution in [2.45, 2.75) is 18.0 Å². The van der Waals surface area contributed by atoms with Crippen LogP contribution < -0.4 is 5.32 Å². The minimum Gasteiger partial charge on any atom is -0.446 e. The van der Waals surface area contributed by atoms with E-state index in [4.69, 9.17) is 5.11 Å². The molecule has 0 saturated heterocycles. The molecule has 1 aromatic carbocycles. The highest BCUT2D eigenvalue weighted by Crippen LogP contribution is 2.49. The average molecular weight is 273 g/mol. The van der Waals surface area contributed by atoms with E-state index in [1.807, 2.05) is 0 Å². The van der Waals surface area contributed by atoms with Crippen molar-refractivity contribution < 1.29 is 36.8 Å². The zero-order valence-electron chi connectivity index (χ0n) is 8.81. The minimum absolute atomic E-state index is 0.338.